The molecule has 0 atom stereocenters. The number of hydrogen-bond donors (Lipinski definition) is 2. The summed E-state index contributed by atoms with van der Waals surface area (Å²) in [4.78, 5) is 4.22. The number of nitrogens with zero attached hydrogens (tertiary/aromatic N) is 1. The first-order chi connectivity index (χ1) is 9.76. The highest BCUT2D eigenvalue weighted by molar-refractivity contribution is 14.0. The standard InChI is InChI=1S/C15H24ClN3S.HI/c1-17-15(18-10-3-4-12-20-2)19-11-9-13-5-7-14(16)8-6-13;/h5-8H,3-4,9-12H2,1-2H3,(H2,17,18,19);1H. The summed E-state index contributed by atoms with van der Waals surface area (Å²) in [6.07, 6.45) is 5.53. The third-order valence-electron chi connectivity index (χ3n) is 2.91. The largest absolute Gasteiger partial charge is 0.356 e. The van der Waals surface area contributed by atoms with Crippen LogP contribution in [0.2, 0.25) is 5.02 Å². The van der Waals surface area contributed by atoms with E-state index in [1.54, 1.807) is 7.05 Å². The van der Waals surface area contributed by atoms with E-state index in [0.29, 0.717) is 0 Å². The molecule has 2 N–H and O–H groups in total. The number of rotatable bonds is 8. The van der Waals surface area contributed by atoms with Crippen LogP contribution in [0.25, 0.3) is 0 Å². The zero-order chi connectivity index (χ0) is 14.6. The van der Waals surface area contributed by atoms with Crippen molar-refractivity contribution in [2.75, 3.05) is 32.1 Å². The van der Waals surface area contributed by atoms with Crippen molar-refractivity contribution in [3.8, 4) is 0 Å². The Hall–Kier alpha value is -0.140. The second-order valence-electron chi connectivity index (χ2n) is 4.50. The minimum Gasteiger partial charge on any atom is -0.356 e. The molecule has 21 heavy (non-hydrogen) atoms. The van der Waals surface area contributed by atoms with E-state index in [1.807, 2.05) is 23.9 Å². The van der Waals surface area contributed by atoms with Crippen LogP contribution in [0.5, 0.6) is 0 Å². The Morgan fingerprint density at radius 1 is 1.14 bits per heavy atom. The van der Waals surface area contributed by atoms with Gasteiger partial charge in [0.05, 0.1) is 0 Å². The van der Waals surface area contributed by atoms with Crippen LogP contribution in [0, 0.1) is 0 Å². The summed E-state index contributed by atoms with van der Waals surface area (Å²) in [6.45, 7) is 1.84. The van der Waals surface area contributed by atoms with Gasteiger partial charge in [-0.2, -0.15) is 11.8 Å². The summed E-state index contributed by atoms with van der Waals surface area (Å²) in [6, 6.07) is 7.97. The Morgan fingerprint density at radius 2 is 1.81 bits per heavy atom. The third kappa shape index (κ3) is 10.3. The monoisotopic (exact) mass is 441 g/mol. The lowest BCUT2D eigenvalue weighted by Gasteiger charge is -2.11. The zero-order valence-electron chi connectivity index (χ0n) is 12.7. The average molecular weight is 442 g/mol. The van der Waals surface area contributed by atoms with Crippen LogP contribution in [-0.2, 0) is 6.42 Å². The van der Waals surface area contributed by atoms with Crippen molar-refractivity contribution in [3.63, 3.8) is 0 Å². The van der Waals surface area contributed by atoms with Crippen molar-refractivity contribution < 1.29 is 0 Å². The third-order valence-corrected chi connectivity index (χ3v) is 3.86. The number of unbranched alkanes of at least 4 members (excludes halogenated alkanes) is 1. The molecule has 0 aliphatic heterocycles. The molecule has 0 fully saturated rings. The lowest BCUT2D eigenvalue weighted by molar-refractivity contribution is 0.730. The number of guanidine groups is 1. The molecule has 0 saturated heterocycles. The number of benzene rings is 1. The van der Waals surface area contributed by atoms with Gasteiger partial charge < -0.3 is 10.6 Å². The van der Waals surface area contributed by atoms with Crippen LogP contribution >= 0.6 is 47.3 Å². The molecule has 6 heteroatoms. The van der Waals surface area contributed by atoms with Crippen molar-refractivity contribution in [1.82, 2.24) is 10.6 Å². The van der Waals surface area contributed by atoms with Crippen LogP contribution in [0.1, 0.15) is 18.4 Å². The lowest BCUT2D eigenvalue weighted by Crippen LogP contribution is -2.38. The Labute approximate surface area is 154 Å². The number of hydrogen-bond acceptors (Lipinski definition) is 2. The van der Waals surface area contributed by atoms with Gasteiger partial charge in [-0.25, -0.2) is 0 Å². The van der Waals surface area contributed by atoms with Gasteiger partial charge in [0.15, 0.2) is 5.96 Å². The van der Waals surface area contributed by atoms with E-state index in [0.717, 1.165) is 30.5 Å². The zero-order valence-corrected chi connectivity index (χ0v) is 16.6. The molecular weight excluding hydrogens is 417 g/mol. The van der Waals surface area contributed by atoms with Crippen LogP contribution in [-0.4, -0.2) is 38.1 Å². The Morgan fingerprint density at radius 3 is 2.43 bits per heavy atom. The minimum atomic E-state index is 0. The summed E-state index contributed by atoms with van der Waals surface area (Å²) < 4.78 is 0. The number of aliphatic imine (C=N–C) groups is 1. The van der Waals surface area contributed by atoms with Gasteiger partial charge in [0.1, 0.15) is 0 Å². The molecule has 0 radical (unpaired) electrons. The fraction of sp³-hybridized carbons (Fsp3) is 0.533. The van der Waals surface area contributed by atoms with Crippen molar-refractivity contribution in [2.45, 2.75) is 19.3 Å². The minimum absolute atomic E-state index is 0. The second kappa shape index (κ2) is 13.5. The molecule has 1 rings (SSSR count). The molecule has 0 amide bonds. The summed E-state index contributed by atoms with van der Waals surface area (Å²) in [5.41, 5.74) is 1.28. The number of thioether (sulfide) groups is 1. The quantitative estimate of drug-likeness (QED) is 0.279. The van der Waals surface area contributed by atoms with Gasteiger partial charge in [-0.15, -0.1) is 24.0 Å². The summed E-state index contributed by atoms with van der Waals surface area (Å²) in [5.74, 6) is 2.10. The Kier molecular flexibility index (Phi) is 13.4. The molecule has 120 valence electrons. The van der Waals surface area contributed by atoms with Gasteiger partial charge in [0, 0.05) is 25.2 Å². The maximum absolute atomic E-state index is 5.87. The van der Waals surface area contributed by atoms with Crippen LogP contribution in [0.3, 0.4) is 0 Å². The first-order valence-electron chi connectivity index (χ1n) is 6.94. The van der Waals surface area contributed by atoms with E-state index >= 15 is 0 Å². The molecule has 0 aliphatic carbocycles. The molecule has 0 aliphatic rings. The maximum Gasteiger partial charge on any atom is 0.190 e. The van der Waals surface area contributed by atoms with E-state index in [2.05, 4.69) is 34.0 Å². The van der Waals surface area contributed by atoms with Crippen molar-refractivity contribution in [3.05, 3.63) is 34.9 Å². The number of nitrogens with one attached hydrogen (secondary N) is 2. The smallest absolute Gasteiger partial charge is 0.190 e. The predicted octanol–water partition coefficient (Wildman–Crippen LogP) is 3.81. The molecule has 0 bridgehead atoms. The number of halogens is 2. The Balaban J connectivity index is 0.00000400. The maximum atomic E-state index is 5.87. The molecule has 0 spiro atoms. The van der Waals surface area contributed by atoms with Gasteiger partial charge in [-0.05, 0) is 49.0 Å². The normalized spacial score (nSPS) is 10.9. The van der Waals surface area contributed by atoms with Crippen LogP contribution in [0.4, 0.5) is 0 Å². The van der Waals surface area contributed by atoms with Gasteiger partial charge in [-0.1, -0.05) is 23.7 Å². The molecule has 0 saturated carbocycles. The molecule has 1 aromatic rings. The van der Waals surface area contributed by atoms with E-state index in [4.69, 9.17) is 11.6 Å². The molecule has 0 unspecified atom stereocenters. The van der Waals surface area contributed by atoms with Gasteiger partial charge in [0.2, 0.25) is 0 Å². The first kappa shape index (κ1) is 20.9. The molecule has 0 aromatic heterocycles. The van der Waals surface area contributed by atoms with Gasteiger partial charge in [0.25, 0.3) is 0 Å². The topological polar surface area (TPSA) is 36.4 Å². The second-order valence-corrected chi connectivity index (χ2v) is 5.92. The van der Waals surface area contributed by atoms with Gasteiger partial charge >= 0.3 is 0 Å². The fourth-order valence-corrected chi connectivity index (χ4v) is 2.39. The van der Waals surface area contributed by atoms with Crippen molar-refractivity contribution in [1.29, 1.82) is 0 Å². The SMILES string of the molecule is CN=C(NCCCCSC)NCCc1ccc(Cl)cc1.I. The highest BCUT2D eigenvalue weighted by atomic mass is 127. The predicted molar refractivity (Wildman–Crippen MR) is 108 cm³/mol. The molecule has 0 heterocycles. The van der Waals surface area contributed by atoms with E-state index < -0.39 is 0 Å². The highest BCUT2D eigenvalue weighted by Gasteiger charge is 1.98. The fourth-order valence-electron chi connectivity index (χ4n) is 1.78. The molecule has 1 aromatic carbocycles. The summed E-state index contributed by atoms with van der Waals surface area (Å²) >= 11 is 7.76. The van der Waals surface area contributed by atoms with Crippen molar-refractivity contribution >= 4 is 53.3 Å². The van der Waals surface area contributed by atoms with Crippen LogP contribution < -0.4 is 10.6 Å². The average Bonchev–Trinajstić information content (AvgIpc) is 2.47. The van der Waals surface area contributed by atoms with Crippen molar-refractivity contribution in [2.24, 2.45) is 4.99 Å². The summed E-state index contributed by atoms with van der Waals surface area (Å²) in [7, 11) is 1.81. The van der Waals surface area contributed by atoms with E-state index in [1.165, 1.54) is 24.2 Å². The molecule has 3 nitrogen and oxygen atoms in total. The van der Waals surface area contributed by atoms with Gasteiger partial charge in [-0.3, -0.25) is 4.99 Å². The van der Waals surface area contributed by atoms with E-state index in [9.17, 15) is 0 Å². The molecular formula is C15H25ClIN3S. The Bertz CT molecular complexity index is 398. The van der Waals surface area contributed by atoms with Crippen LogP contribution in [0.15, 0.2) is 29.3 Å². The highest BCUT2D eigenvalue weighted by Crippen LogP contribution is 2.09. The lowest BCUT2D eigenvalue weighted by atomic mass is 10.1. The van der Waals surface area contributed by atoms with E-state index in [-0.39, 0.29) is 24.0 Å². The summed E-state index contributed by atoms with van der Waals surface area (Å²) in [5, 5.41) is 7.44. The first-order valence-corrected chi connectivity index (χ1v) is 8.71.